The molecule has 1 aromatic heterocycles. The predicted molar refractivity (Wildman–Crippen MR) is 83.1 cm³/mol. The Morgan fingerprint density at radius 1 is 1.19 bits per heavy atom. The highest BCUT2D eigenvalue weighted by Gasteiger charge is 2.17. The monoisotopic (exact) mass is 321 g/mol. The summed E-state index contributed by atoms with van der Waals surface area (Å²) in [6.07, 6.45) is 0. The molecule has 3 rings (SSSR count). The molecule has 1 heterocycles. The minimum Gasteiger partial charge on any atom is -0.342 e. The van der Waals surface area contributed by atoms with Crippen molar-refractivity contribution in [3.05, 3.63) is 53.3 Å². The van der Waals surface area contributed by atoms with Crippen LogP contribution in [0.5, 0.6) is 0 Å². The lowest BCUT2D eigenvalue weighted by Crippen LogP contribution is -2.13. The van der Waals surface area contributed by atoms with E-state index in [1.54, 1.807) is 30.3 Å². The second kappa shape index (κ2) is 5.05. The lowest BCUT2D eigenvalue weighted by atomic mass is 10.3. The molecule has 0 aliphatic carbocycles. The van der Waals surface area contributed by atoms with Crippen molar-refractivity contribution in [3.63, 3.8) is 0 Å². The number of hydrogen-bond acceptors (Lipinski definition) is 3. The molecular weight excluding hydrogens is 310 g/mol. The third-order valence-electron chi connectivity index (χ3n) is 2.98. The van der Waals surface area contributed by atoms with Gasteiger partial charge in [0.15, 0.2) is 0 Å². The Balaban J connectivity index is 1.99. The van der Waals surface area contributed by atoms with E-state index in [1.807, 2.05) is 6.92 Å². The van der Waals surface area contributed by atoms with E-state index in [2.05, 4.69) is 14.7 Å². The number of imidazole rings is 1. The molecule has 0 spiro atoms. The van der Waals surface area contributed by atoms with Crippen molar-refractivity contribution in [1.82, 2.24) is 9.97 Å². The topological polar surface area (TPSA) is 74.8 Å². The van der Waals surface area contributed by atoms with Gasteiger partial charge in [0, 0.05) is 0 Å². The Morgan fingerprint density at radius 3 is 2.71 bits per heavy atom. The molecule has 0 radical (unpaired) electrons. The maximum Gasteiger partial charge on any atom is 0.263 e. The van der Waals surface area contributed by atoms with Gasteiger partial charge in [-0.3, -0.25) is 4.72 Å². The Kier molecular flexibility index (Phi) is 3.35. The Bertz CT molecular complexity index is 919. The highest BCUT2D eigenvalue weighted by atomic mass is 35.5. The molecule has 0 atom stereocenters. The van der Waals surface area contributed by atoms with Crippen LogP contribution in [-0.4, -0.2) is 18.4 Å². The summed E-state index contributed by atoms with van der Waals surface area (Å²) in [7, 11) is -3.72. The normalized spacial score (nSPS) is 11.7. The Labute approximate surface area is 127 Å². The van der Waals surface area contributed by atoms with Crippen LogP contribution in [0, 0.1) is 6.92 Å². The molecule has 2 aromatic carbocycles. The van der Waals surface area contributed by atoms with Gasteiger partial charge < -0.3 is 4.98 Å². The standard InChI is InChI=1S/C14H12ClN3O2S/c1-9-16-12-7-6-10(8-13(12)17-9)18-21(19,20)14-5-3-2-4-11(14)15/h2-8,18H,1H3,(H,16,17). The summed E-state index contributed by atoms with van der Waals surface area (Å²) < 4.78 is 27.2. The number of benzene rings is 2. The highest BCUT2D eigenvalue weighted by molar-refractivity contribution is 7.92. The van der Waals surface area contributed by atoms with E-state index in [1.165, 1.54) is 12.1 Å². The van der Waals surface area contributed by atoms with Gasteiger partial charge in [0.25, 0.3) is 10.0 Å². The maximum absolute atomic E-state index is 12.3. The van der Waals surface area contributed by atoms with Crippen LogP contribution in [0.3, 0.4) is 0 Å². The van der Waals surface area contributed by atoms with E-state index < -0.39 is 10.0 Å². The number of anilines is 1. The van der Waals surface area contributed by atoms with E-state index in [0.29, 0.717) is 5.69 Å². The van der Waals surface area contributed by atoms with Gasteiger partial charge in [0.05, 0.1) is 21.7 Å². The number of aromatic nitrogens is 2. The molecule has 3 aromatic rings. The SMILES string of the molecule is Cc1nc2ccc(NS(=O)(=O)c3ccccc3Cl)cc2[nH]1. The number of fused-ring (bicyclic) bond motifs is 1. The van der Waals surface area contributed by atoms with Crippen LogP contribution in [0.1, 0.15) is 5.82 Å². The van der Waals surface area contributed by atoms with Crippen LogP contribution in [0.4, 0.5) is 5.69 Å². The molecule has 0 amide bonds. The average Bonchev–Trinajstić information content (AvgIpc) is 2.78. The summed E-state index contributed by atoms with van der Waals surface area (Å²) in [6.45, 7) is 1.84. The number of aryl methyl sites for hydroxylation is 1. The Hall–Kier alpha value is -2.05. The molecule has 21 heavy (non-hydrogen) atoms. The summed E-state index contributed by atoms with van der Waals surface area (Å²) in [6, 6.07) is 11.4. The molecule has 0 saturated heterocycles. The van der Waals surface area contributed by atoms with Crippen LogP contribution in [0.2, 0.25) is 5.02 Å². The third kappa shape index (κ3) is 2.72. The molecular formula is C14H12ClN3O2S. The largest absolute Gasteiger partial charge is 0.342 e. The number of halogens is 1. The second-order valence-corrected chi connectivity index (χ2v) is 6.65. The molecule has 7 heteroatoms. The molecule has 5 nitrogen and oxygen atoms in total. The molecule has 0 fully saturated rings. The molecule has 108 valence electrons. The van der Waals surface area contributed by atoms with Crippen LogP contribution >= 0.6 is 11.6 Å². The van der Waals surface area contributed by atoms with E-state index >= 15 is 0 Å². The Morgan fingerprint density at radius 2 is 1.95 bits per heavy atom. The van der Waals surface area contributed by atoms with Gasteiger partial charge in [-0.2, -0.15) is 0 Å². The number of aromatic amines is 1. The lowest BCUT2D eigenvalue weighted by molar-refractivity contribution is 0.601. The predicted octanol–water partition coefficient (Wildman–Crippen LogP) is 3.33. The second-order valence-electron chi connectivity index (χ2n) is 4.59. The number of rotatable bonds is 3. The average molecular weight is 322 g/mol. The smallest absolute Gasteiger partial charge is 0.263 e. The minimum absolute atomic E-state index is 0.0487. The van der Waals surface area contributed by atoms with Crippen LogP contribution in [0.15, 0.2) is 47.4 Å². The number of hydrogen-bond donors (Lipinski definition) is 2. The van der Waals surface area contributed by atoms with Crippen LogP contribution < -0.4 is 4.72 Å². The van der Waals surface area contributed by atoms with Gasteiger partial charge in [-0.05, 0) is 37.3 Å². The molecule has 0 saturated carbocycles. The van der Waals surface area contributed by atoms with E-state index in [-0.39, 0.29) is 9.92 Å². The fourth-order valence-corrected chi connectivity index (χ4v) is 3.64. The molecule has 0 aliphatic rings. The van der Waals surface area contributed by atoms with E-state index in [9.17, 15) is 8.42 Å². The van der Waals surface area contributed by atoms with Crippen molar-refractivity contribution >= 4 is 38.3 Å². The van der Waals surface area contributed by atoms with Gasteiger partial charge in [0.2, 0.25) is 0 Å². The summed E-state index contributed by atoms with van der Waals surface area (Å²) in [5, 5.41) is 0.184. The van der Waals surface area contributed by atoms with Gasteiger partial charge >= 0.3 is 0 Å². The number of nitrogens with zero attached hydrogens (tertiary/aromatic N) is 1. The summed E-state index contributed by atoms with van der Waals surface area (Å²) in [4.78, 5) is 7.38. The third-order valence-corrected chi connectivity index (χ3v) is 4.86. The zero-order valence-electron chi connectivity index (χ0n) is 11.1. The molecule has 0 unspecified atom stereocenters. The van der Waals surface area contributed by atoms with Crippen molar-refractivity contribution in [2.24, 2.45) is 0 Å². The first kappa shape index (κ1) is 13.9. The maximum atomic E-state index is 12.3. The van der Waals surface area contributed by atoms with Gasteiger partial charge in [0.1, 0.15) is 10.7 Å². The molecule has 0 bridgehead atoms. The van der Waals surface area contributed by atoms with Crippen molar-refractivity contribution in [2.45, 2.75) is 11.8 Å². The van der Waals surface area contributed by atoms with Crippen molar-refractivity contribution in [1.29, 1.82) is 0 Å². The fraction of sp³-hybridized carbons (Fsp3) is 0.0714. The van der Waals surface area contributed by atoms with Gasteiger partial charge in [-0.15, -0.1) is 0 Å². The van der Waals surface area contributed by atoms with Gasteiger partial charge in [-0.25, -0.2) is 13.4 Å². The summed E-state index contributed by atoms with van der Waals surface area (Å²) in [5.41, 5.74) is 2.01. The van der Waals surface area contributed by atoms with E-state index in [4.69, 9.17) is 11.6 Å². The van der Waals surface area contributed by atoms with Crippen LogP contribution in [-0.2, 0) is 10.0 Å². The summed E-state index contributed by atoms with van der Waals surface area (Å²) >= 11 is 5.94. The zero-order chi connectivity index (χ0) is 15.0. The lowest BCUT2D eigenvalue weighted by Gasteiger charge is -2.09. The first-order valence-electron chi connectivity index (χ1n) is 6.19. The quantitative estimate of drug-likeness (QED) is 0.777. The summed E-state index contributed by atoms with van der Waals surface area (Å²) in [5.74, 6) is 0.774. The first-order chi connectivity index (χ1) is 9.95. The number of sulfonamides is 1. The van der Waals surface area contributed by atoms with Crippen molar-refractivity contribution in [3.8, 4) is 0 Å². The van der Waals surface area contributed by atoms with Crippen LogP contribution in [0.25, 0.3) is 11.0 Å². The number of H-pyrrole nitrogens is 1. The highest BCUT2D eigenvalue weighted by Crippen LogP contribution is 2.24. The minimum atomic E-state index is -3.72. The van der Waals surface area contributed by atoms with E-state index in [0.717, 1.165) is 16.9 Å². The zero-order valence-corrected chi connectivity index (χ0v) is 12.7. The fourth-order valence-electron chi connectivity index (χ4n) is 2.07. The van der Waals surface area contributed by atoms with Gasteiger partial charge in [-0.1, -0.05) is 23.7 Å². The molecule has 2 N–H and O–H groups in total. The van der Waals surface area contributed by atoms with Crippen molar-refractivity contribution in [2.75, 3.05) is 4.72 Å². The molecule has 0 aliphatic heterocycles. The van der Waals surface area contributed by atoms with Crippen molar-refractivity contribution < 1.29 is 8.42 Å². The first-order valence-corrected chi connectivity index (χ1v) is 8.05. The number of nitrogens with one attached hydrogen (secondary N) is 2.